The molecule has 6 heteroatoms. The number of ether oxygens (including phenoxy) is 2. The highest BCUT2D eigenvalue weighted by Gasteiger charge is 2.20. The summed E-state index contributed by atoms with van der Waals surface area (Å²) in [6, 6.07) is 15.5. The third-order valence-electron chi connectivity index (χ3n) is 4.20. The van der Waals surface area contributed by atoms with E-state index in [0.717, 1.165) is 0 Å². The van der Waals surface area contributed by atoms with Crippen LogP contribution in [0.3, 0.4) is 0 Å². The zero-order valence-electron chi connectivity index (χ0n) is 15.2. The van der Waals surface area contributed by atoms with Crippen molar-refractivity contribution < 1.29 is 23.8 Å². The lowest BCUT2D eigenvalue weighted by Crippen LogP contribution is -2.30. The number of hydrogen-bond acceptors (Lipinski definition) is 5. The number of carbonyl (C=O) groups excluding carboxylic acids is 1. The molecule has 0 aliphatic heterocycles. The number of benzene rings is 2. The normalized spacial score (nSPS) is 10.4. The first-order valence-electron chi connectivity index (χ1n) is 8.43. The molecule has 0 unspecified atom stereocenters. The molecule has 3 rings (SSSR count). The summed E-state index contributed by atoms with van der Waals surface area (Å²) in [4.78, 5) is 14.8. The van der Waals surface area contributed by atoms with E-state index in [-0.39, 0.29) is 24.7 Å². The number of phenols is 1. The third kappa shape index (κ3) is 4.23. The molecule has 0 aliphatic carbocycles. The van der Waals surface area contributed by atoms with Crippen LogP contribution >= 0.6 is 0 Å². The van der Waals surface area contributed by atoms with E-state index in [1.54, 1.807) is 66.8 Å². The fourth-order valence-electron chi connectivity index (χ4n) is 2.79. The topological polar surface area (TPSA) is 72.1 Å². The Morgan fingerprint density at radius 1 is 1.00 bits per heavy atom. The van der Waals surface area contributed by atoms with Crippen LogP contribution < -0.4 is 9.47 Å². The molecule has 0 radical (unpaired) electrons. The molecule has 0 aliphatic rings. The molecule has 1 amide bonds. The third-order valence-corrected chi connectivity index (χ3v) is 4.20. The molecule has 1 heterocycles. The fourth-order valence-corrected chi connectivity index (χ4v) is 2.79. The molecule has 6 nitrogen and oxygen atoms in total. The van der Waals surface area contributed by atoms with Crippen LogP contribution in [0.25, 0.3) is 0 Å². The van der Waals surface area contributed by atoms with Gasteiger partial charge in [-0.15, -0.1) is 0 Å². The Balaban J connectivity index is 1.91. The van der Waals surface area contributed by atoms with Crippen LogP contribution in [0.4, 0.5) is 0 Å². The highest BCUT2D eigenvalue weighted by Crippen LogP contribution is 2.29. The molecular formula is C21H21NO5. The second-order valence-corrected chi connectivity index (χ2v) is 5.94. The maximum atomic E-state index is 13.2. The predicted molar refractivity (Wildman–Crippen MR) is 99.9 cm³/mol. The number of para-hydroxylation sites is 1. The number of furan rings is 1. The van der Waals surface area contributed by atoms with Crippen LogP contribution in [0.15, 0.2) is 65.3 Å². The molecule has 1 aromatic heterocycles. The van der Waals surface area contributed by atoms with Crippen molar-refractivity contribution in [2.24, 2.45) is 0 Å². The van der Waals surface area contributed by atoms with Gasteiger partial charge in [-0.25, -0.2) is 0 Å². The number of amides is 1. The van der Waals surface area contributed by atoms with Crippen molar-refractivity contribution in [3.63, 3.8) is 0 Å². The standard InChI is InChI=1S/C21H21NO5/c1-25-19-10-9-15(12-20(19)26-2)21(24)22(14-17-7-5-11-27-17)13-16-6-3-4-8-18(16)23/h3-12,23H,13-14H2,1-2H3. The molecule has 0 saturated carbocycles. The first-order chi connectivity index (χ1) is 13.1. The smallest absolute Gasteiger partial charge is 0.254 e. The van der Waals surface area contributed by atoms with Crippen LogP contribution in [-0.2, 0) is 13.1 Å². The molecule has 27 heavy (non-hydrogen) atoms. The Labute approximate surface area is 157 Å². The Morgan fingerprint density at radius 2 is 1.78 bits per heavy atom. The van der Waals surface area contributed by atoms with Crippen molar-refractivity contribution in [1.29, 1.82) is 0 Å². The summed E-state index contributed by atoms with van der Waals surface area (Å²) in [5.74, 6) is 1.60. The van der Waals surface area contributed by atoms with Gasteiger partial charge in [0, 0.05) is 11.1 Å². The molecule has 0 bridgehead atoms. The zero-order chi connectivity index (χ0) is 19.2. The van der Waals surface area contributed by atoms with Gasteiger partial charge in [0.15, 0.2) is 11.5 Å². The number of rotatable bonds is 7. The second kappa shape index (κ2) is 8.31. The largest absolute Gasteiger partial charge is 0.508 e. The predicted octanol–water partition coefficient (Wildman–Crippen LogP) is 3.85. The quantitative estimate of drug-likeness (QED) is 0.687. The monoisotopic (exact) mass is 367 g/mol. The number of hydrogen-bond donors (Lipinski definition) is 1. The molecule has 2 aromatic carbocycles. The summed E-state index contributed by atoms with van der Waals surface area (Å²) in [6.45, 7) is 0.509. The lowest BCUT2D eigenvalue weighted by molar-refractivity contribution is 0.0716. The van der Waals surface area contributed by atoms with E-state index in [2.05, 4.69) is 0 Å². The van der Waals surface area contributed by atoms with Crippen LogP contribution in [0, 0.1) is 0 Å². The van der Waals surface area contributed by atoms with E-state index in [4.69, 9.17) is 13.9 Å². The molecule has 1 N–H and O–H groups in total. The molecule has 0 atom stereocenters. The van der Waals surface area contributed by atoms with Gasteiger partial charge in [-0.3, -0.25) is 4.79 Å². The van der Waals surface area contributed by atoms with E-state index in [1.165, 1.54) is 7.11 Å². The summed E-state index contributed by atoms with van der Waals surface area (Å²) in [6.07, 6.45) is 1.56. The van der Waals surface area contributed by atoms with Gasteiger partial charge in [0.2, 0.25) is 0 Å². The Bertz CT molecular complexity index is 905. The van der Waals surface area contributed by atoms with Gasteiger partial charge < -0.3 is 23.9 Å². The van der Waals surface area contributed by atoms with E-state index < -0.39 is 0 Å². The van der Waals surface area contributed by atoms with Crippen molar-refractivity contribution in [2.45, 2.75) is 13.1 Å². The minimum atomic E-state index is -0.212. The van der Waals surface area contributed by atoms with Gasteiger partial charge in [-0.1, -0.05) is 18.2 Å². The molecule has 0 spiro atoms. The minimum absolute atomic E-state index is 0.141. The number of methoxy groups -OCH3 is 2. The second-order valence-electron chi connectivity index (χ2n) is 5.94. The molecule has 0 saturated heterocycles. The van der Waals surface area contributed by atoms with E-state index in [1.807, 2.05) is 6.07 Å². The first kappa shape index (κ1) is 18.4. The maximum Gasteiger partial charge on any atom is 0.254 e. The number of carbonyl (C=O) groups is 1. The summed E-state index contributed by atoms with van der Waals surface area (Å²) in [5, 5.41) is 10.1. The van der Waals surface area contributed by atoms with Crippen LogP contribution in [0.5, 0.6) is 17.2 Å². The van der Waals surface area contributed by atoms with Gasteiger partial charge in [0.25, 0.3) is 5.91 Å². The highest BCUT2D eigenvalue weighted by molar-refractivity contribution is 5.95. The van der Waals surface area contributed by atoms with Gasteiger partial charge in [0.05, 0.1) is 33.6 Å². The molecule has 140 valence electrons. The van der Waals surface area contributed by atoms with Crippen molar-refractivity contribution in [3.8, 4) is 17.2 Å². The van der Waals surface area contributed by atoms with Crippen molar-refractivity contribution >= 4 is 5.91 Å². The molecule has 3 aromatic rings. The van der Waals surface area contributed by atoms with Crippen molar-refractivity contribution in [2.75, 3.05) is 14.2 Å². The number of nitrogens with zero attached hydrogens (tertiary/aromatic N) is 1. The average molecular weight is 367 g/mol. The van der Waals surface area contributed by atoms with E-state index in [0.29, 0.717) is 28.4 Å². The zero-order valence-corrected chi connectivity index (χ0v) is 15.2. The summed E-state index contributed by atoms with van der Waals surface area (Å²) < 4.78 is 15.9. The highest BCUT2D eigenvalue weighted by atomic mass is 16.5. The van der Waals surface area contributed by atoms with Gasteiger partial charge in [-0.2, -0.15) is 0 Å². The van der Waals surface area contributed by atoms with Gasteiger partial charge in [0.1, 0.15) is 11.5 Å². The summed E-state index contributed by atoms with van der Waals surface area (Å²) in [7, 11) is 3.06. The van der Waals surface area contributed by atoms with E-state index in [9.17, 15) is 9.90 Å². The molecule has 0 fully saturated rings. The first-order valence-corrected chi connectivity index (χ1v) is 8.43. The minimum Gasteiger partial charge on any atom is -0.508 e. The van der Waals surface area contributed by atoms with Crippen LogP contribution in [0.2, 0.25) is 0 Å². The summed E-state index contributed by atoms with van der Waals surface area (Å²) >= 11 is 0. The lowest BCUT2D eigenvalue weighted by atomic mass is 10.1. The number of phenolic OH excluding ortho intramolecular Hbond substituents is 1. The van der Waals surface area contributed by atoms with Gasteiger partial charge >= 0.3 is 0 Å². The van der Waals surface area contributed by atoms with Crippen molar-refractivity contribution in [1.82, 2.24) is 4.90 Å². The summed E-state index contributed by atoms with van der Waals surface area (Å²) in [5.41, 5.74) is 1.10. The van der Waals surface area contributed by atoms with Crippen molar-refractivity contribution in [3.05, 3.63) is 77.7 Å². The fraction of sp³-hybridized carbons (Fsp3) is 0.190. The van der Waals surface area contributed by atoms with Crippen LogP contribution in [-0.4, -0.2) is 30.1 Å². The van der Waals surface area contributed by atoms with Gasteiger partial charge in [-0.05, 0) is 36.4 Å². The Kier molecular flexibility index (Phi) is 5.66. The van der Waals surface area contributed by atoms with Crippen LogP contribution in [0.1, 0.15) is 21.7 Å². The lowest BCUT2D eigenvalue weighted by Gasteiger charge is -2.23. The SMILES string of the molecule is COc1ccc(C(=O)N(Cc2ccco2)Cc2ccccc2O)cc1OC. The maximum absolute atomic E-state index is 13.2. The molecular weight excluding hydrogens is 346 g/mol. The number of aromatic hydroxyl groups is 1. The average Bonchev–Trinajstić information content (AvgIpc) is 3.21. The Morgan fingerprint density at radius 3 is 2.44 bits per heavy atom. The van der Waals surface area contributed by atoms with E-state index >= 15 is 0 Å². The Hall–Kier alpha value is -3.41.